The number of carbonyl (C=O) groups is 2. The number of amides is 2. The molecule has 2 amide bonds. The Morgan fingerprint density at radius 3 is 2.72 bits per heavy atom. The zero-order valence-electron chi connectivity index (χ0n) is 18.2. The molecule has 0 saturated carbocycles. The van der Waals surface area contributed by atoms with Crippen LogP contribution in [0.15, 0.2) is 30.3 Å². The van der Waals surface area contributed by atoms with E-state index in [1.165, 1.54) is 24.1 Å². The van der Waals surface area contributed by atoms with Gasteiger partial charge in [0.15, 0.2) is 17.8 Å². The van der Waals surface area contributed by atoms with E-state index in [4.69, 9.17) is 14.2 Å². The standard InChI is InChI=1S/C24H26N2O6/c1-25-18-12-20(27)21(30-2)11-17(18)23(28)26-13-15-9-16(32-22-5-3-4-8-31-22)7-6-14(15)10-19(26)24(25)29/h6-7,9,11-12,19,22,27H,3-5,8,10,13H2,1-2H3/t19-,22?/m0/s1. The highest BCUT2D eigenvalue weighted by atomic mass is 16.7. The van der Waals surface area contributed by atoms with Gasteiger partial charge in [0.2, 0.25) is 5.91 Å². The number of phenolic OH excluding ortho intramolecular Hbond substituents is 1. The van der Waals surface area contributed by atoms with Crippen LogP contribution in [0, 0.1) is 0 Å². The number of aromatic hydroxyl groups is 1. The van der Waals surface area contributed by atoms with Crippen molar-refractivity contribution in [3.63, 3.8) is 0 Å². The molecule has 3 aliphatic rings. The van der Waals surface area contributed by atoms with Gasteiger partial charge in [0.1, 0.15) is 11.8 Å². The van der Waals surface area contributed by atoms with Gasteiger partial charge in [-0.1, -0.05) is 6.07 Å². The first-order valence-electron chi connectivity index (χ1n) is 10.9. The number of methoxy groups -OCH3 is 1. The van der Waals surface area contributed by atoms with E-state index in [1.807, 2.05) is 18.2 Å². The van der Waals surface area contributed by atoms with Crippen molar-refractivity contribution in [1.82, 2.24) is 4.90 Å². The van der Waals surface area contributed by atoms with Crippen LogP contribution in [0.5, 0.6) is 17.2 Å². The second kappa shape index (κ2) is 8.02. The number of hydrogen-bond acceptors (Lipinski definition) is 6. The van der Waals surface area contributed by atoms with Crippen molar-refractivity contribution in [2.75, 3.05) is 25.7 Å². The first-order valence-corrected chi connectivity index (χ1v) is 10.9. The number of phenols is 1. The SMILES string of the molecule is COc1cc2c(cc1O)N(C)C(=O)[C@@H]1Cc3ccc(OC4CCCCO4)cc3CN1C2=O. The van der Waals surface area contributed by atoms with E-state index >= 15 is 0 Å². The van der Waals surface area contributed by atoms with E-state index in [9.17, 15) is 14.7 Å². The number of rotatable bonds is 3. The summed E-state index contributed by atoms with van der Waals surface area (Å²) >= 11 is 0. The van der Waals surface area contributed by atoms with E-state index in [-0.39, 0.29) is 29.6 Å². The molecule has 0 radical (unpaired) electrons. The Morgan fingerprint density at radius 2 is 1.97 bits per heavy atom. The van der Waals surface area contributed by atoms with Crippen molar-refractivity contribution in [2.24, 2.45) is 0 Å². The van der Waals surface area contributed by atoms with Crippen LogP contribution in [0.4, 0.5) is 5.69 Å². The molecule has 0 aromatic heterocycles. The minimum absolute atomic E-state index is 0.117. The monoisotopic (exact) mass is 438 g/mol. The molecule has 0 bridgehead atoms. The molecule has 0 spiro atoms. The summed E-state index contributed by atoms with van der Waals surface area (Å²) in [6.07, 6.45) is 3.15. The van der Waals surface area contributed by atoms with Crippen LogP contribution >= 0.6 is 0 Å². The predicted molar refractivity (Wildman–Crippen MR) is 116 cm³/mol. The minimum atomic E-state index is -0.617. The molecule has 0 aliphatic carbocycles. The zero-order valence-corrected chi connectivity index (χ0v) is 18.2. The molecule has 1 saturated heterocycles. The van der Waals surface area contributed by atoms with Crippen molar-refractivity contribution in [1.29, 1.82) is 0 Å². The summed E-state index contributed by atoms with van der Waals surface area (Å²) in [6, 6.07) is 8.09. The highest BCUT2D eigenvalue weighted by Gasteiger charge is 2.41. The molecule has 2 aromatic rings. The smallest absolute Gasteiger partial charge is 0.257 e. The molecular weight excluding hydrogens is 412 g/mol. The Bertz CT molecular complexity index is 1080. The number of hydrogen-bond donors (Lipinski definition) is 1. The quantitative estimate of drug-likeness (QED) is 0.793. The highest BCUT2D eigenvalue weighted by molar-refractivity contribution is 6.11. The van der Waals surface area contributed by atoms with Gasteiger partial charge in [0.25, 0.3) is 5.91 Å². The molecule has 2 aromatic carbocycles. The molecule has 168 valence electrons. The summed E-state index contributed by atoms with van der Waals surface area (Å²) in [5.74, 6) is 0.314. The lowest BCUT2D eigenvalue weighted by molar-refractivity contribution is -0.123. The Labute approximate surface area is 186 Å². The first-order chi connectivity index (χ1) is 15.5. The van der Waals surface area contributed by atoms with Crippen LogP contribution in [-0.2, 0) is 22.5 Å². The Balaban J connectivity index is 1.48. The van der Waals surface area contributed by atoms with Crippen LogP contribution < -0.4 is 14.4 Å². The maximum atomic E-state index is 13.5. The van der Waals surface area contributed by atoms with Crippen LogP contribution in [0.25, 0.3) is 0 Å². The molecule has 1 N–H and O–H groups in total. The van der Waals surface area contributed by atoms with Crippen molar-refractivity contribution in [3.05, 3.63) is 47.0 Å². The van der Waals surface area contributed by atoms with Gasteiger partial charge < -0.3 is 29.1 Å². The summed E-state index contributed by atoms with van der Waals surface area (Å²) in [5.41, 5.74) is 2.66. The van der Waals surface area contributed by atoms with Gasteiger partial charge in [-0.2, -0.15) is 0 Å². The maximum Gasteiger partial charge on any atom is 0.257 e. The number of benzene rings is 2. The molecule has 32 heavy (non-hydrogen) atoms. The Kier molecular flexibility index (Phi) is 5.17. The third-order valence-corrected chi connectivity index (χ3v) is 6.48. The van der Waals surface area contributed by atoms with Crippen molar-refractivity contribution in [2.45, 2.75) is 44.6 Å². The predicted octanol–water partition coefficient (Wildman–Crippen LogP) is 2.85. The molecule has 5 rings (SSSR count). The van der Waals surface area contributed by atoms with Crippen molar-refractivity contribution >= 4 is 17.5 Å². The molecule has 3 aliphatic heterocycles. The van der Waals surface area contributed by atoms with Gasteiger partial charge >= 0.3 is 0 Å². The summed E-state index contributed by atoms with van der Waals surface area (Å²) in [5, 5.41) is 10.2. The van der Waals surface area contributed by atoms with E-state index in [1.54, 1.807) is 11.9 Å². The number of ether oxygens (including phenoxy) is 3. The van der Waals surface area contributed by atoms with Gasteiger partial charge in [-0.25, -0.2) is 0 Å². The molecule has 2 atom stereocenters. The van der Waals surface area contributed by atoms with Crippen LogP contribution in [0.1, 0.15) is 40.7 Å². The van der Waals surface area contributed by atoms with E-state index in [0.29, 0.717) is 36.6 Å². The second-order valence-electron chi connectivity index (χ2n) is 8.44. The van der Waals surface area contributed by atoms with Crippen LogP contribution in [-0.4, -0.2) is 54.9 Å². The van der Waals surface area contributed by atoms with Crippen molar-refractivity contribution in [3.8, 4) is 17.2 Å². The fourth-order valence-electron chi connectivity index (χ4n) is 4.69. The average Bonchev–Trinajstić information content (AvgIpc) is 2.88. The Hall–Kier alpha value is -3.26. The molecule has 1 fully saturated rings. The van der Waals surface area contributed by atoms with Crippen LogP contribution in [0.2, 0.25) is 0 Å². The normalized spacial score (nSPS) is 22.6. The molecule has 8 nitrogen and oxygen atoms in total. The number of fused-ring (bicyclic) bond motifs is 3. The summed E-state index contributed by atoms with van der Waals surface area (Å²) in [6.45, 7) is 0.997. The van der Waals surface area contributed by atoms with E-state index in [2.05, 4.69) is 0 Å². The lowest BCUT2D eigenvalue weighted by Crippen LogP contribution is -2.50. The maximum absolute atomic E-state index is 13.5. The number of nitrogens with zero attached hydrogens (tertiary/aromatic N) is 2. The van der Waals surface area contributed by atoms with Crippen molar-refractivity contribution < 1.29 is 28.9 Å². The van der Waals surface area contributed by atoms with Gasteiger partial charge in [0, 0.05) is 32.5 Å². The fraction of sp³-hybridized carbons (Fsp3) is 0.417. The molecule has 1 unspecified atom stereocenters. The van der Waals surface area contributed by atoms with Gasteiger partial charge in [-0.3, -0.25) is 9.59 Å². The number of carbonyl (C=O) groups excluding carboxylic acids is 2. The topological polar surface area (TPSA) is 88.5 Å². The summed E-state index contributed by atoms with van der Waals surface area (Å²) in [4.78, 5) is 29.8. The van der Waals surface area contributed by atoms with E-state index < -0.39 is 6.04 Å². The van der Waals surface area contributed by atoms with Gasteiger partial charge in [0.05, 0.1) is 25.0 Å². The lowest BCUT2D eigenvalue weighted by Gasteiger charge is -2.35. The molecular formula is C24H26N2O6. The highest BCUT2D eigenvalue weighted by Crippen LogP contribution is 2.39. The Morgan fingerprint density at radius 1 is 1.12 bits per heavy atom. The molecule has 3 heterocycles. The lowest BCUT2D eigenvalue weighted by atomic mass is 9.93. The third kappa shape index (κ3) is 3.44. The first kappa shape index (κ1) is 20.6. The largest absolute Gasteiger partial charge is 0.504 e. The zero-order chi connectivity index (χ0) is 22.4. The average molecular weight is 438 g/mol. The second-order valence-corrected chi connectivity index (χ2v) is 8.44. The summed E-state index contributed by atoms with van der Waals surface area (Å²) < 4.78 is 16.9. The number of likely N-dealkylation sites (N-methyl/N-ethyl adjacent to an activating group) is 1. The fourth-order valence-corrected chi connectivity index (χ4v) is 4.69. The van der Waals surface area contributed by atoms with Gasteiger partial charge in [-0.15, -0.1) is 0 Å². The van der Waals surface area contributed by atoms with Crippen LogP contribution in [0.3, 0.4) is 0 Å². The molecule has 8 heteroatoms. The number of anilines is 1. The minimum Gasteiger partial charge on any atom is -0.504 e. The van der Waals surface area contributed by atoms with E-state index in [0.717, 1.165) is 30.4 Å². The van der Waals surface area contributed by atoms with Gasteiger partial charge in [-0.05, 0) is 42.2 Å². The summed E-state index contributed by atoms with van der Waals surface area (Å²) in [7, 11) is 3.05. The third-order valence-electron chi connectivity index (χ3n) is 6.48.